The van der Waals surface area contributed by atoms with E-state index in [2.05, 4.69) is 0 Å². The van der Waals surface area contributed by atoms with Gasteiger partial charge in [0, 0.05) is 27.4 Å². The number of fused-ring (bicyclic) bond motifs is 1. The second-order valence-corrected chi connectivity index (χ2v) is 6.66. The van der Waals surface area contributed by atoms with E-state index in [1.165, 1.54) is 16.7 Å². The van der Waals surface area contributed by atoms with Crippen LogP contribution in [0, 0.1) is 0 Å². The largest absolute Gasteiger partial charge is 0.378 e. The van der Waals surface area contributed by atoms with Gasteiger partial charge in [-0.3, -0.25) is 4.79 Å². The van der Waals surface area contributed by atoms with Crippen molar-refractivity contribution < 1.29 is 9.90 Å². The number of rotatable bonds is 2. The van der Waals surface area contributed by atoms with E-state index in [1.807, 2.05) is 12.1 Å². The minimum Gasteiger partial charge on any atom is -0.378 e. The van der Waals surface area contributed by atoms with Gasteiger partial charge < -0.3 is 10.0 Å². The lowest BCUT2D eigenvalue weighted by atomic mass is 10.1. The Hall–Kier alpha value is -1.20. The minimum atomic E-state index is -1.07. The standard InChI is InChI=1S/C15H11Cl2NO2S/c1-18-12-7-9(3-4-10(12)14(19)15(18)20)21-13-6-8(16)2-5-11(13)17/h2-7,14,19H,1H3. The number of likely N-dealkylation sites (N-methyl/N-ethyl adjacent to an activating group) is 1. The summed E-state index contributed by atoms with van der Waals surface area (Å²) in [4.78, 5) is 15.0. The number of amides is 1. The van der Waals surface area contributed by atoms with Gasteiger partial charge >= 0.3 is 0 Å². The fourth-order valence-corrected chi connectivity index (χ4v) is 3.61. The zero-order valence-electron chi connectivity index (χ0n) is 11.0. The fourth-order valence-electron chi connectivity index (χ4n) is 2.23. The molecule has 3 rings (SSSR count). The van der Waals surface area contributed by atoms with Gasteiger partial charge in [-0.15, -0.1) is 0 Å². The number of hydrogen-bond acceptors (Lipinski definition) is 3. The number of anilines is 1. The topological polar surface area (TPSA) is 40.5 Å². The summed E-state index contributed by atoms with van der Waals surface area (Å²) in [5.74, 6) is -0.312. The van der Waals surface area contributed by atoms with E-state index in [9.17, 15) is 9.90 Å². The number of nitrogens with zero attached hydrogens (tertiary/aromatic N) is 1. The van der Waals surface area contributed by atoms with Crippen molar-refractivity contribution >= 4 is 46.6 Å². The van der Waals surface area contributed by atoms with E-state index in [1.54, 1.807) is 31.3 Å². The first-order valence-electron chi connectivity index (χ1n) is 6.20. The number of carbonyl (C=O) groups is 1. The first kappa shape index (κ1) is 14.7. The van der Waals surface area contributed by atoms with E-state index in [4.69, 9.17) is 23.2 Å². The van der Waals surface area contributed by atoms with Gasteiger partial charge in [-0.05, 0) is 30.3 Å². The molecule has 6 heteroatoms. The molecule has 0 aliphatic carbocycles. The van der Waals surface area contributed by atoms with Crippen LogP contribution < -0.4 is 4.90 Å². The van der Waals surface area contributed by atoms with Gasteiger partial charge in [-0.2, -0.15) is 0 Å². The molecule has 0 fully saturated rings. The summed E-state index contributed by atoms with van der Waals surface area (Å²) in [6.45, 7) is 0. The van der Waals surface area contributed by atoms with Crippen molar-refractivity contribution in [3.63, 3.8) is 0 Å². The molecule has 0 bridgehead atoms. The summed E-state index contributed by atoms with van der Waals surface area (Å²) in [7, 11) is 1.65. The average Bonchev–Trinajstić information content (AvgIpc) is 2.68. The molecule has 1 N–H and O–H groups in total. The minimum absolute atomic E-state index is 0.312. The molecule has 0 spiro atoms. The second-order valence-electron chi connectivity index (χ2n) is 4.70. The Balaban J connectivity index is 1.95. The van der Waals surface area contributed by atoms with Crippen LogP contribution in [0.15, 0.2) is 46.2 Å². The Bertz CT molecular complexity index is 736. The molecular weight excluding hydrogens is 329 g/mol. The molecule has 1 atom stereocenters. The molecule has 21 heavy (non-hydrogen) atoms. The molecule has 1 unspecified atom stereocenters. The molecule has 1 aliphatic heterocycles. The zero-order chi connectivity index (χ0) is 15.1. The lowest BCUT2D eigenvalue weighted by molar-refractivity contribution is -0.125. The SMILES string of the molecule is CN1C(=O)C(O)c2ccc(Sc3cc(Cl)ccc3Cl)cc21. The number of hydrogen-bond donors (Lipinski definition) is 1. The first-order valence-corrected chi connectivity index (χ1v) is 7.77. The predicted molar refractivity (Wildman–Crippen MR) is 85.4 cm³/mol. The third-order valence-corrected chi connectivity index (χ3v) is 5.07. The summed E-state index contributed by atoms with van der Waals surface area (Å²) >= 11 is 13.6. The summed E-state index contributed by atoms with van der Waals surface area (Å²) in [6, 6.07) is 10.8. The highest BCUT2D eigenvalue weighted by Crippen LogP contribution is 2.41. The number of aliphatic hydroxyl groups excluding tert-OH is 1. The van der Waals surface area contributed by atoms with Crippen molar-refractivity contribution in [2.45, 2.75) is 15.9 Å². The average molecular weight is 340 g/mol. The molecule has 0 radical (unpaired) electrons. The van der Waals surface area contributed by atoms with E-state index >= 15 is 0 Å². The van der Waals surface area contributed by atoms with E-state index < -0.39 is 6.10 Å². The Morgan fingerprint density at radius 3 is 2.71 bits per heavy atom. The quantitative estimate of drug-likeness (QED) is 0.893. The van der Waals surface area contributed by atoms with Gasteiger partial charge in [-0.1, -0.05) is 41.0 Å². The van der Waals surface area contributed by atoms with Crippen LogP contribution in [0.1, 0.15) is 11.7 Å². The second kappa shape index (κ2) is 5.54. The van der Waals surface area contributed by atoms with Gasteiger partial charge in [0.1, 0.15) is 0 Å². The molecule has 108 valence electrons. The molecule has 1 heterocycles. The van der Waals surface area contributed by atoms with E-state index in [0.717, 1.165) is 15.5 Å². The van der Waals surface area contributed by atoms with Gasteiger partial charge in [0.05, 0.1) is 10.7 Å². The Morgan fingerprint density at radius 2 is 1.95 bits per heavy atom. The van der Waals surface area contributed by atoms with Crippen molar-refractivity contribution in [2.75, 3.05) is 11.9 Å². The Morgan fingerprint density at radius 1 is 1.19 bits per heavy atom. The highest BCUT2D eigenvalue weighted by molar-refractivity contribution is 7.99. The molecular formula is C15H11Cl2NO2S. The lowest BCUT2D eigenvalue weighted by Gasteiger charge is -2.11. The summed E-state index contributed by atoms with van der Waals surface area (Å²) < 4.78 is 0. The van der Waals surface area contributed by atoms with Gasteiger partial charge in [0.25, 0.3) is 5.91 Å². The van der Waals surface area contributed by atoms with Crippen molar-refractivity contribution in [3.8, 4) is 0 Å². The molecule has 3 nitrogen and oxygen atoms in total. The van der Waals surface area contributed by atoms with Gasteiger partial charge in [0.2, 0.25) is 0 Å². The van der Waals surface area contributed by atoms with Crippen molar-refractivity contribution in [3.05, 3.63) is 52.0 Å². The lowest BCUT2D eigenvalue weighted by Crippen LogP contribution is -2.23. The van der Waals surface area contributed by atoms with Crippen LogP contribution in [0.4, 0.5) is 5.69 Å². The van der Waals surface area contributed by atoms with Crippen molar-refractivity contribution in [2.24, 2.45) is 0 Å². The zero-order valence-corrected chi connectivity index (χ0v) is 13.3. The van der Waals surface area contributed by atoms with Gasteiger partial charge in [-0.25, -0.2) is 0 Å². The van der Waals surface area contributed by atoms with Crippen molar-refractivity contribution in [1.29, 1.82) is 0 Å². The smallest absolute Gasteiger partial charge is 0.260 e. The van der Waals surface area contributed by atoms with Crippen LogP contribution in [-0.2, 0) is 4.79 Å². The van der Waals surface area contributed by atoms with Crippen LogP contribution in [0.2, 0.25) is 10.0 Å². The van der Waals surface area contributed by atoms with Crippen LogP contribution in [0.5, 0.6) is 0 Å². The predicted octanol–water partition coefficient (Wildman–Crippen LogP) is 4.15. The highest BCUT2D eigenvalue weighted by atomic mass is 35.5. The maximum atomic E-state index is 11.8. The molecule has 1 amide bonds. The normalized spacial score (nSPS) is 17.2. The maximum absolute atomic E-state index is 11.8. The summed E-state index contributed by atoms with van der Waals surface area (Å²) in [5, 5.41) is 11.1. The Kier molecular flexibility index (Phi) is 3.88. The Labute approximate surface area is 136 Å². The van der Waals surface area contributed by atoms with Crippen molar-refractivity contribution in [1.82, 2.24) is 0 Å². The van der Waals surface area contributed by atoms with Crippen LogP contribution in [-0.4, -0.2) is 18.1 Å². The monoisotopic (exact) mass is 339 g/mol. The summed E-state index contributed by atoms with van der Waals surface area (Å²) in [5.41, 5.74) is 1.35. The molecule has 2 aromatic rings. The van der Waals surface area contributed by atoms with Crippen LogP contribution in [0.25, 0.3) is 0 Å². The molecule has 0 saturated heterocycles. The molecule has 1 aliphatic rings. The highest BCUT2D eigenvalue weighted by Gasteiger charge is 2.33. The third-order valence-electron chi connectivity index (χ3n) is 3.34. The number of carbonyl (C=O) groups excluding carboxylic acids is 1. The summed E-state index contributed by atoms with van der Waals surface area (Å²) in [6.07, 6.45) is -1.07. The first-order chi connectivity index (χ1) is 9.97. The van der Waals surface area contributed by atoms with Crippen LogP contribution in [0.3, 0.4) is 0 Å². The van der Waals surface area contributed by atoms with E-state index in [-0.39, 0.29) is 5.91 Å². The number of aliphatic hydroxyl groups is 1. The molecule has 2 aromatic carbocycles. The van der Waals surface area contributed by atoms with Crippen LogP contribution >= 0.6 is 35.0 Å². The maximum Gasteiger partial charge on any atom is 0.260 e. The number of halogens is 2. The molecule has 0 aromatic heterocycles. The molecule has 0 saturated carbocycles. The number of benzene rings is 2. The van der Waals surface area contributed by atoms with E-state index in [0.29, 0.717) is 15.6 Å². The third kappa shape index (κ3) is 2.64. The fraction of sp³-hybridized carbons (Fsp3) is 0.133. The van der Waals surface area contributed by atoms with Gasteiger partial charge in [0.15, 0.2) is 6.10 Å².